The summed E-state index contributed by atoms with van der Waals surface area (Å²) >= 11 is 1.17. The maximum absolute atomic E-state index is 12.6. The van der Waals surface area contributed by atoms with E-state index in [0.29, 0.717) is 24.2 Å². The Hall–Kier alpha value is -2.84. The second-order valence-electron chi connectivity index (χ2n) is 6.31. The maximum atomic E-state index is 12.6. The lowest BCUT2D eigenvalue weighted by molar-refractivity contribution is 0.0954. The first-order chi connectivity index (χ1) is 13.9. The third kappa shape index (κ3) is 4.96. The van der Waals surface area contributed by atoms with Gasteiger partial charge in [-0.2, -0.15) is 0 Å². The normalized spacial score (nSPS) is 11.1. The fourth-order valence-corrected chi connectivity index (χ4v) is 5.08. The predicted molar refractivity (Wildman–Crippen MR) is 115 cm³/mol. The van der Waals surface area contributed by atoms with Gasteiger partial charge in [0.05, 0.1) is 12.8 Å². The van der Waals surface area contributed by atoms with E-state index in [1.54, 1.807) is 48.9 Å². The minimum Gasteiger partial charge on any atom is -0.497 e. The fourth-order valence-electron chi connectivity index (χ4n) is 2.72. The number of methoxy groups -OCH3 is 1. The van der Waals surface area contributed by atoms with Crippen LogP contribution in [0, 0.1) is 0 Å². The van der Waals surface area contributed by atoms with Crippen molar-refractivity contribution in [1.29, 1.82) is 0 Å². The van der Waals surface area contributed by atoms with Crippen molar-refractivity contribution in [3.8, 4) is 5.75 Å². The molecule has 0 spiro atoms. The van der Waals surface area contributed by atoms with E-state index in [0.717, 1.165) is 11.3 Å². The average molecular weight is 431 g/mol. The first-order valence-corrected chi connectivity index (χ1v) is 11.3. The van der Waals surface area contributed by atoms with Gasteiger partial charge in [0.1, 0.15) is 9.96 Å². The third-order valence-corrected chi connectivity index (χ3v) is 7.62. The number of nitrogens with one attached hydrogen (secondary N) is 1. The molecule has 0 bridgehead atoms. The summed E-state index contributed by atoms with van der Waals surface area (Å²) in [7, 11) is -0.469. The van der Waals surface area contributed by atoms with E-state index in [1.165, 1.54) is 22.7 Å². The zero-order chi connectivity index (χ0) is 20.9. The Balaban J connectivity index is 1.58. The maximum Gasteiger partial charge on any atom is 0.273 e. The lowest BCUT2D eigenvalue weighted by atomic mass is 10.1. The molecule has 0 saturated carbocycles. The smallest absolute Gasteiger partial charge is 0.273 e. The largest absolute Gasteiger partial charge is 0.497 e. The summed E-state index contributed by atoms with van der Waals surface area (Å²) in [4.78, 5) is 12.3. The Bertz CT molecular complexity index is 1050. The summed E-state index contributed by atoms with van der Waals surface area (Å²) in [6.45, 7) is 0.500. The van der Waals surface area contributed by atoms with Crippen LogP contribution in [0.25, 0.3) is 0 Å². The summed E-state index contributed by atoms with van der Waals surface area (Å²) < 4.78 is 31.8. The quantitative estimate of drug-likeness (QED) is 0.593. The van der Waals surface area contributed by atoms with Crippen molar-refractivity contribution < 1.29 is 17.9 Å². The van der Waals surface area contributed by atoms with Crippen molar-refractivity contribution in [2.45, 2.75) is 10.6 Å². The lowest BCUT2D eigenvalue weighted by Crippen LogP contribution is -2.27. The van der Waals surface area contributed by atoms with Crippen molar-refractivity contribution in [3.05, 3.63) is 77.2 Å². The fraction of sp³-hybridized carbons (Fsp3) is 0.190. The number of thiophene rings is 1. The Morgan fingerprint density at radius 1 is 1.07 bits per heavy atom. The second-order valence-corrected chi connectivity index (χ2v) is 9.45. The van der Waals surface area contributed by atoms with Crippen LogP contribution in [0.1, 0.15) is 15.9 Å². The van der Waals surface area contributed by atoms with Crippen molar-refractivity contribution in [2.75, 3.05) is 25.0 Å². The van der Waals surface area contributed by atoms with Gasteiger partial charge in [0.2, 0.25) is 0 Å². The highest BCUT2D eigenvalue weighted by Gasteiger charge is 2.22. The number of rotatable bonds is 8. The molecule has 0 saturated heterocycles. The van der Waals surface area contributed by atoms with E-state index in [9.17, 15) is 13.2 Å². The van der Waals surface area contributed by atoms with Gasteiger partial charge < -0.3 is 10.1 Å². The summed E-state index contributed by atoms with van der Waals surface area (Å²) in [6.07, 6.45) is 0.704. The molecular weight excluding hydrogens is 408 g/mol. The number of carbonyl (C=O) groups excluding carboxylic acids is 1. The van der Waals surface area contributed by atoms with E-state index in [4.69, 9.17) is 4.74 Å². The molecule has 3 aromatic rings. The van der Waals surface area contributed by atoms with E-state index < -0.39 is 10.0 Å². The molecule has 0 aliphatic carbocycles. The van der Waals surface area contributed by atoms with E-state index in [1.807, 2.05) is 24.3 Å². The van der Waals surface area contributed by atoms with Crippen molar-refractivity contribution in [2.24, 2.45) is 0 Å². The minimum atomic E-state index is -3.59. The van der Waals surface area contributed by atoms with Gasteiger partial charge in [-0.05, 0) is 59.8 Å². The van der Waals surface area contributed by atoms with Crippen molar-refractivity contribution in [1.82, 2.24) is 5.32 Å². The standard InChI is InChI=1S/C21H22N2O4S2/c1-23(29(25,26)20-4-3-15-28-20)18-9-7-17(8-10-18)21(24)22-14-13-16-5-11-19(27-2)12-6-16/h3-12,15H,13-14H2,1-2H3,(H,22,24). The number of hydrogen-bond donors (Lipinski definition) is 1. The first kappa shape index (κ1) is 20.9. The van der Waals surface area contributed by atoms with Crippen LogP contribution < -0.4 is 14.4 Å². The molecule has 1 amide bonds. The van der Waals surface area contributed by atoms with Crippen LogP contribution in [-0.4, -0.2) is 35.0 Å². The monoisotopic (exact) mass is 430 g/mol. The lowest BCUT2D eigenvalue weighted by Gasteiger charge is -2.18. The summed E-state index contributed by atoms with van der Waals surface area (Å²) in [5.41, 5.74) is 2.07. The van der Waals surface area contributed by atoms with Crippen LogP contribution in [0.4, 0.5) is 5.69 Å². The molecule has 1 aromatic heterocycles. The van der Waals surface area contributed by atoms with Crippen LogP contribution in [0.5, 0.6) is 5.75 Å². The molecule has 0 aliphatic rings. The van der Waals surface area contributed by atoms with Crippen LogP contribution in [-0.2, 0) is 16.4 Å². The summed E-state index contributed by atoms with van der Waals surface area (Å²) in [5, 5.41) is 4.60. The second kappa shape index (κ2) is 9.11. The van der Waals surface area contributed by atoms with Gasteiger partial charge in [0, 0.05) is 19.2 Å². The topological polar surface area (TPSA) is 75.7 Å². The van der Waals surface area contributed by atoms with Gasteiger partial charge in [0.15, 0.2) is 0 Å². The van der Waals surface area contributed by atoms with Gasteiger partial charge in [-0.25, -0.2) is 8.42 Å². The molecule has 0 radical (unpaired) electrons. The predicted octanol–water partition coefficient (Wildman–Crippen LogP) is 3.55. The highest BCUT2D eigenvalue weighted by molar-refractivity contribution is 7.94. The summed E-state index contributed by atoms with van der Waals surface area (Å²) in [6, 6.07) is 17.5. The molecule has 0 aliphatic heterocycles. The molecule has 1 heterocycles. The van der Waals surface area contributed by atoms with E-state index in [2.05, 4.69) is 5.32 Å². The van der Waals surface area contributed by atoms with Gasteiger partial charge in [-0.1, -0.05) is 18.2 Å². The zero-order valence-electron chi connectivity index (χ0n) is 16.2. The number of carbonyl (C=O) groups is 1. The Morgan fingerprint density at radius 3 is 2.34 bits per heavy atom. The van der Waals surface area contributed by atoms with Gasteiger partial charge in [-0.15, -0.1) is 11.3 Å². The van der Waals surface area contributed by atoms with Gasteiger partial charge in [0.25, 0.3) is 15.9 Å². The number of nitrogens with zero attached hydrogens (tertiary/aromatic N) is 1. The highest BCUT2D eigenvalue weighted by atomic mass is 32.2. The molecule has 3 rings (SSSR count). The number of ether oxygens (including phenoxy) is 1. The Kier molecular flexibility index (Phi) is 6.56. The minimum absolute atomic E-state index is 0.200. The van der Waals surface area contributed by atoms with Crippen LogP contribution >= 0.6 is 11.3 Å². The molecule has 8 heteroatoms. The number of hydrogen-bond acceptors (Lipinski definition) is 5. The van der Waals surface area contributed by atoms with Gasteiger partial charge in [-0.3, -0.25) is 9.10 Å². The number of benzene rings is 2. The Labute approximate surface area is 174 Å². The van der Waals surface area contributed by atoms with Crippen LogP contribution in [0.2, 0.25) is 0 Å². The molecule has 1 N–H and O–H groups in total. The van der Waals surface area contributed by atoms with Crippen LogP contribution in [0.15, 0.2) is 70.3 Å². The Morgan fingerprint density at radius 2 is 1.76 bits per heavy atom. The molecule has 2 aromatic carbocycles. The third-order valence-electron chi connectivity index (χ3n) is 4.46. The molecule has 29 heavy (non-hydrogen) atoms. The molecule has 0 unspecified atom stereocenters. The van der Waals surface area contributed by atoms with E-state index in [-0.39, 0.29) is 10.1 Å². The number of anilines is 1. The van der Waals surface area contributed by atoms with Crippen molar-refractivity contribution in [3.63, 3.8) is 0 Å². The molecule has 6 nitrogen and oxygen atoms in total. The SMILES string of the molecule is COc1ccc(CCNC(=O)c2ccc(N(C)S(=O)(=O)c3cccs3)cc2)cc1. The molecule has 152 valence electrons. The van der Waals surface area contributed by atoms with Crippen molar-refractivity contribution >= 4 is 33.0 Å². The van der Waals surface area contributed by atoms with E-state index >= 15 is 0 Å². The number of sulfonamides is 1. The zero-order valence-corrected chi connectivity index (χ0v) is 17.8. The van der Waals surface area contributed by atoms with Crippen LogP contribution in [0.3, 0.4) is 0 Å². The number of amides is 1. The average Bonchev–Trinajstić information content (AvgIpc) is 3.29. The molecular formula is C21H22N2O4S2. The highest BCUT2D eigenvalue weighted by Crippen LogP contribution is 2.25. The molecule has 0 fully saturated rings. The summed E-state index contributed by atoms with van der Waals surface area (Å²) in [5.74, 6) is 0.595. The first-order valence-electron chi connectivity index (χ1n) is 8.95. The molecule has 0 atom stereocenters. The van der Waals surface area contributed by atoms with Gasteiger partial charge >= 0.3 is 0 Å².